The van der Waals surface area contributed by atoms with E-state index in [1.54, 1.807) is 18.2 Å². The first kappa shape index (κ1) is 17.2. The molecule has 1 amide bonds. The molecule has 0 aliphatic carbocycles. The molecule has 0 spiro atoms. The van der Waals surface area contributed by atoms with Crippen molar-refractivity contribution >= 4 is 23.0 Å². The fraction of sp³-hybridized carbons (Fsp3) is 0.278. The summed E-state index contributed by atoms with van der Waals surface area (Å²) in [5.74, 6) is 0.875. The predicted molar refractivity (Wildman–Crippen MR) is 92.6 cm³/mol. The number of aromatic nitrogens is 1. The largest absolute Gasteiger partial charge is 0.461 e. The Balaban J connectivity index is 1.50. The zero-order valence-electron chi connectivity index (χ0n) is 14.0. The molecule has 0 saturated heterocycles. The molecular weight excluding hydrogens is 340 g/mol. The summed E-state index contributed by atoms with van der Waals surface area (Å²) in [6, 6.07) is 6.91. The summed E-state index contributed by atoms with van der Waals surface area (Å²) < 4.78 is 10.2. The number of hydrogen-bond acceptors (Lipinski definition) is 6. The predicted octanol–water partition coefficient (Wildman–Crippen LogP) is 3.43. The van der Waals surface area contributed by atoms with Crippen molar-refractivity contribution in [1.29, 1.82) is 0 Å². The number of carbonyl (C=O) groups excluding carboxylic acids is 2. The number of carbonyl (C=O) groups is 2. The van der Waals surface area contributed by atoms with E-state index in [0.717, 1.165) is 21.9 Å². The molecule has 130 valence electrons. The Morgan fingerprint density at radius 3 is 2.76 bits per heavy atom. The molecule has 0 unspecified atom stereocenters. The number of furan rings is 1. The van der Waals surface area contributed by atoms with Crippen molar-refractivity contribution in [3.63, 3.8) is 0 Å². The standard InChI is InChI=1S/C18H18N2O4S/c1-11-14(12(2)24-20-11)6-8-17(21)19-10-13-5-7-16(25-13)18(22)15-4-3-9-23-15/h3-5,7,9H,6,8,10H2,1-2H3,(H,19,21). The number of nitrogens with zero attached hydrogens (tertiary/aromatic N) is 1. The van der Waals surface area contributed by atoms with Gasteiger partial charge < -0.3 is 14.3 Å². The molecular formula is C18H18N2O4S. The smallest absolute Gasteiger partial charge is 0.238 e. The van der Waals surface area contributed by atoms with Crippen LogP contribution in [0.1, 0.15) is 43.7 Å². The minimum absolute atomic E-state index is 0.0488. The summed E-state index contributed by atoms with van der Waals surface area (Å²) in [6.45, 7) is 4.11. The first-order valence-corrected chi connectivity index (χ1v) is 8.71. The third-order valence-electron chi connectivity index (χ3n) is 3.87. The fourth-order valence-corrected chi connectivity index (χ4v) is 3.39. The van der Waals surface area contributed by atoms with Gasteiger partial charge in [-0.1, -0.05) is 5.16 Å². The van der Waals surface area contributed by atoms with Crippen LogP contribution in [0.3, 0.4) is 0 Å². The van der Waals surface area contributed by atoms with Crippen molar-refractivity contribution in [2.45, 2.75) is 33.2 Å². The highest BCUT2D eigenvalue weighted by Crippen LogP contribution is 2.20. The van der Waals surface area contributed by atoms with Crippen LogP contribution in [0, 0.1) is 13.8 Å². The molecule has 3 rings (SSSR count). The van der Waals surface area contributed by atoms with Crippen molar-refractivity contribution in [1.82, 2.24) is 10.5 Å². The van der Waals surface area contributed by atoms with Crippen LogP contribution in [0.4, 0.5) is 0 Å². The monoisotopic (exact) mass is 358 g/mol. The van der Waals surface area contributed by atoms with E-state index in [2.05, 4.69) is 10.5 Å². The van der Waals surface area contributed by atoms with Gasteiger partial charge in [0.15, 0.2) is 5.76 Å². The van der Waals surface area contributed by atoms with Crippen LogP contribution in [0.2, 0.25) is 0 Å². The maximum Gasteiger partial charge on any atom is 0.238 e. The molecule has 0 fully saturated rings. The van der Waals surface area contributed by atoms with Crippen LogP contribution in [0.15, 0.2) is 39.5 Å². The van der Waals surface area contributed by atoms with Crippen LogP contribution in [-0.2, 0) is 17.8 Å². The van der Waals surface area contributed by atoms with E-state index in [9.17, 15) is 9.59 Å². The first-order valence-electron chi connectivity index (χ1n) is 7.90. The van der Waals surface area contributed by atoms with E-state index < -0.39 is 0 Å². The molecule has 0 saturated carbocycles. The maximum atomic E-state index is 12.2. The van der Waals surface area contributed by atoms with Gasteiger partial charge in [-0.25, -0.2) is 0 Å². The van der Waals surface area contributed by atoms with Gasteiger partial charge in [0, 0.05) is 16.9 Å². The fourth-order valence-electron chi connectivity index (χ4n) is 2.50. The zero-order valence-corrected chi connectivity index (χ0v) is 14.8. The summed E-state index contributed by atoms with van der Waals surface area (Å²) in [4.78, 5) is 25.7. The molecule has 0 atom stereocenters. The van der Waals surface area contributed by atoms with Crippen molar-refractivity contribution < 1.29 is 18.5 Å². The lowest BCUT2D eigenvalue weighted by Crippen LogP contribution is -2.22. The molecule has 3 aromatic heterocycles. The summed E-state index contributed by atoms with van der Waals surface area (Å²) in [7, 11) is 0. The van der Waals surface area contributed by atoms with E-state index in [-0.39, 0.29) is 11.7 Å². The normalized spacial score (nSPS) is 10.8. The molecule has 0 bridgehead atoms. The minimum atomic E-state index is -0.147. The van der Waals surface area contributed by atoms with E-state index in [4.69, 9.17) is 8.94 Å². The van der Waals surface area contributed by atoms with Crippen LogP contribution in [-0.4, -0.2) is 16.8 Å². The molecule has 0 radical (unpaired) electrons. The summed E-state index contributed by atoms with van der Waals surface area (Å²) >= 11 is 1.35. The summed E-state index contributed by atoms with van der Waals surface area (Å²) in [6.07, 6.45) is 2.44. The van der Waals surface area contributed by atoms with Gasteiger partial charge >= 0.3 is 0 Å². The lowest BCUT2D eigenvalue weighted by molar-refractivity contribution is -0.121. The number of hydrogen-bond donors (Lipinski definition) is 1. The Morgan fingerprint density at radius 1 is 1.24 bits per heavy atom. The second-order valence-corrected chi connectivity index (χ2v) is 6.82. The first-order chi connectivity index (χ1) is 12.0. The molecule has 6 nitrogen and oxygen atoms in total. The third kappa shape index (κ3) is 4.06. The SMILES string of the molecule is Cc1noc(C)c1CCC(=O)NCc1ccc(C(=O)c2ccco2)s1. The molecule has 1 N–H and O–H groups in total. The summed E-state index contributed by atoms with van der Waals surface area (Å²) in [5.41, 5.74) is 1.81. The Bertz CT molecular complexity index is 857. The second kappa shape index (κ2) is 7.48. The van der Waals surface area contributed by atoms with Crippen molar-refractivity contribution in [3.8, 4) is 0 Å². The van der Waals surface area contributed by atoms with Crippen LogP contribution >= 0.6 is 11.3 Å². The van der Waals surface area contributed by atoms with Gasteiger partial charge in [-0.05, 0) is 44.5 Å². The van der Waals surface area contributed by atoms with Gasteiger partial charge in [-0.3, -0.25) is 9.59 Å². The van der Waals surface area contributed by atoms with Crippen molar-refractivity contribution in [3.05, 3.63) is 63.1 Å². The quantitative estimate of drug-likeness (QED) is 0.654. The average Bonchev–Trinajstić information content (AvgIpc) is 3.33. The molecule has 0 aliphatic heterocycles. The molecule has 0 aliphatic rings. The van der Waals surface area contributed by atoms with Crippen LogP contribution in [0.5, 0.6) is 0 Å². The Kier molecular flexibility index (Phi) is 5.14. The van der Waals surface area contributed by atoms with Crippen LogP contribution < -0.4 is 5.32 Å². The number of nitrogens with one attached hydrogen (secondary N) is 1. The molecule has 3 aromatic rings. The second-order valence-electron chi connectivity index (χ2n) is 5.65. The average molecular weight is 358 g/mol. The van der Waals surface area contributed by atoms with Gasteiger partial charge in [0.05, 0.1) is 23.4 Å². The highest BCUT2D eigenvalue weighted by Gasteiger charge is 2.15. The molecule has 3 heterocycles. The zero-order chi connectivity index (χ0) is 17.8. The van der Waals surface area contributed by atoms with Crippen molar-refractivity contribution in [2.75, 3.05) is 0 Å². The minimum Gasteiger partial charge on any atom is -0.461 e. The Morgan fingerprint density at radius 2 is 2.08 bits per heavy atom. The Hall–Kier alpha value is -2.67. The number of aryl methyl sites for hydroxylation is 2. The van der Waals surface area contributed by atoms with Gasteiger partial charge in [0.2, 0.25) is 11.7 Å². The van der Waals surface area contributed by atoms with E-state index in [1.165, 1.54) is 17.6 Å². The molecule has 7 heteroatoms. The van der Waals surface area contributed by atoms with Crippen LogP contribution in [0.25, 0.3) is 0 Å². The van der Waals surface area contributed by atoms with Gasteiger partial charge in [-0.15, -0.1) is 11.3 Å². The number of ketones is 1. The highest BCUT2D eigenvalue weighted by atomic mass is 32.1. The van der Waals surface area contributed by atoms with Gasteiger partial charge in [0.25, 0.3) is 0 Å². The lowest BCUT2D eigenvalue weighted by atomic mass is 10.1. The third-order valence-corrected chi connectivity index (χ3v) is 4.96. The topological polar surface area (TPSA) is 85.3 Å². The van der Waals surface area contributed by atoms with E-state index in [0.29, 0.717) is 30.0 Å². The molecule has 25 heavy (non-hydrogen) atoms. The lowest BCUT2D eigenvalue weighted by Gasteiger charge is -2.03. The number of amides is 1. The highest BCUT2D eigenvalue weighted by molar-refractivity contribution is 7.14. The molecule has 0 aromatic carbocycles. The van der Waals surface area contributed by atoms with E-state index in [1.807, 2.05) is 19.9 Å². The van der Waals surface area contributed by atoms with Gasteiger partial charge in [0.1, 0.15) is 5.76 Å². The van der Waals surface area contributed by atoms with E-state index >= 15 is 0 Å². The summed E-state index contributed by atoms with van der Waals surface area (Å²) in [5, 5.41) is 6.76. The van der Waals surface area contributed by atoms with Gasteiger partial charge in [-0.2, -0.15) is 0 Å². The number of rotatable bonds is 7. The Labute approximate surface area is 148 Å². The number of thiophene rings is 1. The maximum absolute atomic E-state index is 12.2. The van der Waals surface area contributed by atoms with Crippen molar-refractivity contribution in [2.24, 2.45) is 0 Å².